The summed E-state index contributed by atoms with van der Waals surface area (Å²) in [5.41, 5.74) is 1.63. The quantitative estimate of drug-likeness (QED) is 0.945. The Bertz CT molecular complexity index is 677. The van der Waals surface area contributed by atoms with E-state index in [0.29, 0.717) is 12.1 Å². The van der Waals surface area contributed by atoms with Crippen molar-refractivity contribution in [2.75, 3.05) is 13.6 Å². The highest BCUT2D eigenvalue weighted by molar-refractivity contribution is 5.97. The molecule has 3 rings (SSSR count). The summed E-state index contributed by atoms with van der Waals surface area (Å²) in [5, 5.41) is 2.66. The molecule has 1 fully saturated rings. The Morgan fingerprint density at radius 3 is 2.43 bits per heavy atom. The van der Waals surface area contributed by atoms with Gasteiger partial charge < -0.3 is 14.8 Å². The van der Waals surface area contributed by atoms with Gasteiger partial charge >= 0.3 is 0 Å². The van der Waals surface area contributed by atoms with Crippen molar-refractivity contribution in [3.8, 4) is 5.69 Å². The second-order valence-corrected chi connectivity index (χ2v) is 5.76. The molecule has 1 aromatic heterocycles. The molecule has 2 aromatic rings. The fourth-order valence-corrected chi connectivity index (χ4v) is 3.06. The maximum atomic E-state index is 12.8. The van der Waals surface area contributed by atoms with E-state index in [9.17, 15) is 9.59 Å². The summed E-state index contributed by atoms with van der Waals surface area (Å²) in [6.07, 6.45) is 6.58. The molecule has 5 heteroatoms. The highest BCUT2D eigenvalue weighted by Gasteiger charge is 2.31. The second-order valence-electron chi connectivity index (χ2n) is 5.76. The lowest BCUT2D eigenvalue weighted by Crippen LogP contribution is -2.51. The summed E-state index contributed by atoms with van der Waals surface area (Å²) in [7, 11) is 1.62. The lowest BCUT2D eigenvalue weighted by atomic mass is 10.00. The Labute approximate surface area is 135 Å². The third kappa shape index (κ3) is 3.13. The Balaban J connectivity index is 1.80. The number of aromatic nitrogens is 1. The van der Waals surface area contributed by atoms with E-state index < -0.39 is 0 Å². The van der Waals surface area contributed by atoms with Gasteiger partial charge in [0.1, 0.15) is 6.04 Å². The fourth-order valence-electron chi connectivity index (χ4n) is 3.06. The topological polar surface area (TPSA) is 54.3 Å². The number of amides is 2. The van der Waals surface area contributed by atoms with Crippen molar-refractivity contribution >= 4 is 11.8 Å². The molecule has 120 valence electrons. The molecule has 1 unspecified atom stereocenters. The van der Waals surface area contributed by atoms with E-state index in [1.165, 1.54) is 0 Å². The second kappa shape index (κ2) is 6.69. The van der Waals surface area contributed by atoms with Crippen LogP contribution in [0.25, 0.3) is 5.69 Å². The Kier molecular flexibility index (Phi) is 4.46. The summed E-state index contributed by atoms with van der Waals surface area (Å²) in [6, 6.07) is 11.1. The van der Waals surface area contributed by atoms with Crippen LogP contribution in [-0.4, -0.2) is 40.9 Å². The van der Waals surface area contributed by atoms with Crippen LogP contribution in [0.5, 0.6) is 0 Å². The first-order valence-electron chi connectivity index (χ1n) is 7.96. The molecule has 0 spiro atoms. The number of carbonyl (C=O) groups excluding carboxylic acids is 2. The summed E-state index contributed by atoms with van der Waals surface area (Å²) < 4.78 is 1.99. The summed E-state index contributed by atoms with van der Waals surface area (Å²) in [5.74, 6) is -0.153. The molecule has 2 heterocycles. The fraction of sp³-hybridized carbons (Fsp3) is 0.333. The van der Waals surface area contributed by atoms with E-state index in [-0.39, 0.29) is 17.9 Å². The van der Waals surface area contributed by atoms with Crippen molar-refractivity contribution in [3.63, 3.8) is 0 Å². The Morgan fingerprint density at radius 2 is 1.78 bits per heavy atom. The molecular weight excluding hydrogens is 290 g/mol. The van der Waals surface area contributed by atoms with E-state index >= 15 is 0 Å². The zero-order chi connectivity index (χ0) is 16.2. The van der Waals surface area contributed by atoms with Gasteiger partial charge in [0.25, 0.3) is 5.91 Å². The lowest BCUT2D eigenvalue weighted by Gasteiger charge is -2.34. The van der Waals surface area contributed by atoms with Crippen LogP contribution in [0.15, 0.2) is 48.8 Å². The monoisotopic (exact) mass is 311 g/mol. The smallest absolute Gasteiger partial charge is 0.254 e. The van der Waals surface area contributed by atoms with E-state index in [4.69, 9.17) is 0 Å². The highest BCUT2D eigenvalue weighted by atomic mass is 16.2. The number of benzene rings is 1. The number of carbonyl (C=O) groups is 2. The van der Waals surface area contributed by atoms with Gasteiger partial charge in [0.2, 0.25) is 5.91 Å². The SMILES string of the molecule is CNC(=O)C1CCCCN1C(=O)c1ccc(-n2cccc2)cc1. The lowest BCUT2D eigenvalue weighted by molar-refractivity contribution is -0.126. The van der Waals surface area contributed by atoms with Crippen LogP contribution in [0.3, 0.4) is 0 Å². The Hall–Kier alpha value is -2.56. The number of rotatable bonds is 3. The maximum Gasteiger partial charge on any atom is 0.254 e. The molecular formula is C18H21N3O2. The van der Waals surface area contributed by atoms with Crippen molar-refractivity contribution in [2.24, 2.45) is 0 Å². The summed E-state index contributed by atoms with van der Waals surface area (Å²) in [4.78, 5) is 26.5. The molecule has 1 aliphatic rings. The van der Waals surface area contributed by atoms with Crippen LogP contribution in [0.2, 0.25) is 0 Å². The molecule has 1 aliphatic heterocycles. The molecule has 0 radical (unpaired) electrons. The predicted molar refractivity (Wildman–Crippen MR) is 88.5 cm³/mol. The number of nitrogens with one attached hydrogen (secondary N) is 1. The van der Waals surface area contributed by atoms with E-state index in [0.717, 1.165) is 24.9 Å². The van der Waals surface area contributed by atoms with Gasteiger partial charge in [-0.15, -0.1) is 0 Å². The molecule has 1 atom stereocenters. The zero-order valence-electron chi connectivity index (χ0n) is 13.2. The van der Waals surface area contributed by atoms with Crippen molar-refractivity contribution < 1.29 is 9.59 Å². The van der Waals surface area contributed by atoms with Crippen molar-refractivity contribution in [3.05, 3.63) is 54.4 Å². The number of piperidine rings is 1. The van der Waals surface area contributed by atoms with Crippen LogP contribution < -0.4 is 5.32 Å². The van der Waals surface area contributed by atoms with Gasteiger partial charge in [0.15, 0.2) is 0 Å². The molecule has 1 saturated heterocycles. The van der Waals surface area contributed by atoms with Crippen LogP contribution in [0.1, 0.15) is 29.6 Å². The van der Waals surface area contributed by atoms with Crippen LogP contribution in [0.4, 0.5) is 0 Å². The van der Waals surface area contributed by atoms with Gasteiger partial charge in [-0.3, -0.25) is 9.59 Å². The summed E-state index contributed by atoms with van der Waals surface area (Å²) in [6.45, 7) is 0.635. The molecule has 0 saturated carbocycles. The first-order valence-corrected chi connectivity index (χ1v) is 7.96. The van der Waals surface area contributed by atoms with E-state index in [1.54, 1.807) is 11.9 Å². The number of nitrogens with zero attached hydrogens (tertiary/aromatic N) is 2. The molecule has 23 heavy (non-hydrogen) atoms. The van der Waals surface area contributed by atoms with Gasteiger partial charge in [-0.25, -0.2) is 0 Å². The third-order valence-corrected chi connectivity index (χ3v) is 4.33. The molecule has 2 amide bonds. The van der Waals surface area contributed by atoms with Crippen molar-refractivity contribution in [1.82, 2.24) is 14.8 Å². The minimum Gasteiger partial charge on any atom is -0.357 e. The van der Waals surface area contributed by atoms with Crippen molar-refractivity contribution in [2.45, 2.75) is 25.3 Å². The molecule has 1 aromatic carbocycles. The van der Waals surface area contributed by atoms with Crippen LogP contribution >= 0.6 is 0 Å². The number of hydrogen-bond donors (Lipinski definition) is 1. The van der Waals surface area contributed by atoms with Crippen LogP contribution in [-0.2, 0) is 4.79 Å². The normalized spacial score (nSPS) is 17.8. The first kappa shape index (κ1) is 15.3. The van der Waals surface area contributed by atoms with Crippen LogP contribution in [0, 0.1) is 0 Å². The van der Waals surface area contributed by atoms with Gasteiger partial charge in [-0.1, -0.05) is 0 Å². The molecule has 0 aliphatic carbocycles. The third-order valence-electron chi connectivity index (χ3n) is 4.33. The minimum atomic E-state index is -0.356. The average molecular weight is 311 g/mol. The highest BCUT2D eigenvalue weighted by Crippen LogP contribution is 2.20. The molecule has 0 bridgehead atoms. The van der Waals surface area contributed by atoms with Gasteiger partial charge in [0.05, 0.1) is 0 Å². The number of likely N-dealkylation sites (N-methyl/N-ethyl adjacent to an activating group) is 1. The van der Waals surface area contributed by atoms with E-state index in [2.05, 4.69) is 5.32 Å². The standard InChI is InChI=1S/C18H21N3O2/c1-19-17(22)16-6-2-3-13-21(16)18(23)14-7-9-15(10-8-14)20-11-4-5-12-20/h4-5,7-12,16H,2-3,6,13H2,1H3,(H,19,22). The predicted octanol–water partition coefficient (Wildman–Crippen LogP) is 2.22. The van der Waals surface area contributed by atoms with Gasteiger partial charge in [-0.2, -0.15) is 0 Å². The number of likely N-dealkylation sites (tertiary alicyclic amines) is 1. The number of hydrogen-bond acceptors (Lipinski definition) is 2. The summed E-state index contributed by atoms with van der Waals surface area (Å²) >= 11 is 0. The van der Waals surface area contributed by atoms with Crippen molar-refractivity contribution in [1.29, 1.82) is 0 Å². The largest absolute Gasteiger partial charge is 0.357 e. The molecule has 5 nitrogen and oxygen atoms in total. The molecule has 1 N–H and O–H groups in total. The Morgan fingerprint density at radius 1 is 1.09 bits per heavy atom. The van der Waals surface area contributed by atoms with Gasteiger partial charge in [0, 0.05) is 37.2 Å². The first-order chi connectivity index (χ1) is 11.2. The van der Waals surface area contributed by atoms with Gasteiger partial charge in [-0.05, 0) is 55.7 Å². The minimum absolute atomic E-state index is 0.0719. The van der Waals surface area contributed by atoms with E-state index in [1.807, 2.05) is 53.4 Å². The maximum absolute atomic E-state index is 12.8. The average Bonchev–Trinajstić information content (AvgIpc) is 3.15. The zero-order valence-corrected chi connectivity index (χ0v) is 13.2.